The largest absolute Gasteiger partial charge is 0.563 e. The summed E-state index contributed by atoms with van der Waals surface area (Å²) in [7, 11) is 2.04. The van der Waals surface area contributed by atoms with E-state index in [0.29, 0.717) is 5.75 Å². The van der Waals surface area contributed by atoms with Gasteiger partial charge in [-0.25, -0.2) is 17.7 Å². The summed E-state index contributed by atoms with van der Waals surface area (Å²) < 4.78 is 4.81. The Morgan fingerprint density at radius 2 is 2.21 bits per heavy atom. The topological polar surface area (TPSA) is 46.5 Å². The predicted molar refractivity (Wildman–Crippen MR) is 46.1 cm³/mol. The Morgan fingerprint density at radius 1 is 1.64 bits per heavy atom. The predicted octanol–water partition coefficient (Wildman–Crippen LogP) is 1.46. The first-order valence-electron chi connectivity index (χ1n) is 3.19. The zero-order chi connectivity index (χ0) is 9.14. The number of rotatable bonds is 2. The number of carboxylic acid groups (broad SMARTS) is 1. The summed E-state index contributed by atoms with van der Waals surface area (Å²) in [6.07, 6.45) is 0. The third-order valence-electron chi connectivity index (χ3n) is 1.36. The first-order valence-corrected chi connectivity index (χ1v) is 3.67. The van der Waals surface area contributed by atoms with E-state index >= 15 is 0 Å². The van der Waals surface area contributed by atoms with Crippen LogP contribution in [0.2, 0.25) is 0 Å². The second kappa shape index (κ2) is 7.93. The minimum Gasteiger partial charge on any atom is -0.563 e. The summed E-state index contributed by atoms with van der Waals surface area (Å²) in [5.74, 6) is -0.644. The fourth-order valence-electron chi connectivity index (χ4n) is 0.732. The van der Waals surface area contributed by atoms with Crippen LogP contribution in [0.4, 0.5) is 0 Å². The molecule has 1 rings (SSSR count). The molecule has 0 heterocycles. The van der Waals surface area contributed by atoms with E-state index in [4.69, 9.17) is 9.63 Å². The van der Waals surface area contributed by atoms with Gasteiger partial charge in [0.25, 0.3) is 0 Å². The van der Waals surface area contributed by atoms with Crippen LogP contribution < -0.4 is 4.52 Å². The molecule has 1 aromatic carbocycles. The van der Waals surface area contributed by atoms with E-state index in [2.05, 4.69) is 12.1 Å². The van der Waals surface area contributed by atoms with Gasteiger partial charge in [-0.05, 0) is 5.75 Å². The van der Waals surface area contributed by atoms with Crippen molar-refractivity contribution in [3.05, 3.63) is 29.3 Å². The van der Waals surface area contributed by atoms with E-state index in [1.54, 1.807) is 13.0 Å². The monoisotopic (exact) mass is 455 g/mol. The van der Waals surface area contributed by atoms with E-state index in [-0.39, 0.29) is 59.3 Å². The van der Waals surface area contributed by atoms with Gasteiger partial charge in [0.1, 0.15) is 0 Å². The standard InChI is InChI=1S/C8H7O3P.W.Y/c1-5-2-3-6(8(9)10)4-7(5)11-12;;/h2H,12H2,1H3,(H,9,10);;/q-2;;. The van der Waals surface area contributed by atoms with Crippen LogP contribution in [-0.4, -0.2) is 11.1 Å². The Bertz CT molecular complexity index is 319. The van der Waals surface area contributed by atoms with Crippen molar-refractivity contribution in [3.63, 3.8) is 0 Å². The van der Waals surface area contributed by atoms with Crippen molar-refractivity contribution in [1.29, 1.82) is 0 Å². The van der Waals surface area contributed by atoms with Gasteiger partial charge in [-0.1, -0.05) is 0 Å². The molecule has 73 valence electrons. The van der Waals surface area contributed by atoms with Gasteiger partial charge >= 0.3 is 0 Å². The Hall–Kier alpha value is 0.712. The second-order valence-electron chi connectivity index (χ2n) is 2.22. The molecule has 14 heavy (non-hydrogen) atoms. The molecule has 0 aliphatic heterocycles. The molecule has 3 nitrogen and oxygen atoms in total. The molecule has 0 amide bonds. The maximum absolute atomic E-state index is 10.5. The van der Waals surface area contributed by atoms with Crippen molar-refractivity contribution in [2.45, 2.75) is 6.92 Å². The van der Waals surface area contributed by atoms with E-state index in [0.717, 1.165) is 5.56 Å². The Balaban J connectivity index is 0. The summed E-state index contributed by atoms with van der Waals surface area (Å²) in [6.45, 7) is 1.79. The third kappa shape index (κ3) is 4.49. The van der Waals surface area contributed by atoms with Gasteiger partial charge in [0.15, 0.2) is 5.97 Å². The first kappa shape index (κ1) is 17.1. The van der Waals surface area contributed by atoms with E-state index in [1.807, 2.05) is 9.47 Å². The number of hydrogen-bond donors (Lipinski definition) is 1. The average Bonchev–Trinajstić information content (AvgIpc) is 2.05. The molecule has 0 saturated heterocycles. The number of benzene rings is 1. The summed E-state index contributed by atoms with van der Waals surface area (Å²) in [4.78, 5) is 10.5. The SMILES string of the molecule is Cc1c[c-]c(C(=O)O)[c-]c1OP.[W].[Y]. The fraction of sp³-hybridized carbons (Fsp3) is 0.125. The van der Waals surface area contributed by atoms with Gasteiger partial charge < -0.3 is 14.4 Å². The minimum absolute atomic E-state index is 0. The van der Waals surface area contributed by atoms with Crippen LogP contribution in [0.3, 0.4) is 0 Å². The van der Waals surface area contributed by atoms with Crippen molar-refractivity contribution < 1.29 is 68.2 Å². The van der Waals surface area contributed by atoms with Gasteiger partial charge in [0.2, 0.25) is 0 Å². The smallest absolute Gasteiger partial charge is 0.154 e. The van der Waals surface area contributed by atoms with Gasteiger partial charge in [0.05, 0.1) is 9.47 Å². The fourth-order valence-corrected chi connectivity index (χ4v) is 0.977. The normalized spacial score (nSPS) is 8.14. The zero-order valence-corrected chi connectivity index (χ0v) is 14.3. The molecule has 0 spiro atoms. The van der Waals surface area contributed by atoms with Gasteiger partial charge in [-0.15, -0.1) is 6.92 Å². The van der Waals surface area contributed by atoms with E-state index < -0.39 is 5.97 Å². The maximum atomic E-state index is 10.5. The van der Waals surface area contributed by atoms with Crippen LogP contribution in [0, 0.1) is 19.1 Å². The number of aryl methyl sites for hydroxylation is 1. The van der Waals surface area contributed by atoms with Crippen molar-refractivity contribution in [3.8, 4) is 5.75 Å². The van der Waals surface area contributed by atoms with Crippen LogP contribution in [0.25, 0.3) is 0 Å². The number of aromatic carboxylic acids is 1. The molecule has 0 aliphatic carbocycles. The quantitative estimate of drug-likeness (QED) is 0.544. The van der Waals surface area contributed by atoms with Crippen LogP contribution >= 0.6 is 9.47 Å². The summed E-state index contributed by atoms with van der Waals surface area (Å²) >= 11 is 0. The molecule has 1 atom stereocenters. The summed E-state index contributed by atoms with van der Waals surface area (Å²) in [5.41, 5.74) is 0.785. The molecule has 1 aromatic rings. The van der Waals surface area contributed by atoms with Crippen molar-refractivity contribution in [2.75, 3.05) is 0 Å². The van der Waals surface area contributed by atoms with Crippen molar-refractivity contribution >= 4 is 15.4 Å². The molecule has 0 bridgehead atoms. The first-order chi connectivity index (χ1) is 5.65. The molecule has 0 aromatic heterocycles. The van der Waals surface area contributed by atoms with Crippen LogP contribution in [0.15, 0.2) is 6.07 Å². The maximum Gasteiger partial charge on any atom is 0.154 e. The Kier molecular flexibility index (Phi) is 9.70. The molecular weight excluding hydrogens is 448 g/mol. The molecule has 1 unspecified atom stereocenters. The molecule has 0 fully saturated rings. The minimum atomic E-state index is -1.06. The summed E-state index contributed by atoms with van der Waals surface area (Å²) in [5, 5.41) is 8.57. The summed E-state index contributed by atoms with van der Waals surface area (Å²) in [6, 6.07) is 6.69. The van der Waals surface area contributed by atoms with Crippen LogP contribution in [-0.2, 0) is 53.8 Å². The van der Waals surface area contributed by atoms with E-state index in [1.165, 1.54) is 0 Å². The number of hydrogen-bond acceptors (Lipinski definition) is 2. The molecule has 0 saturated carbocycles. The molecule has 0 aliphatic rings. The van der Waals surface area contributed by atoms with Gasteiger partial charge in [-0.2, -0.15) is 5.56 Å². The number of carbonyl (C=O) groups is 1. The van der Waals surface area contributed by atoms with Crippen molar-refractivity contribution in [1.82, 2.24) is 0 Å². The Morgan fingerprint density at radius 3 is 2.64 bits per heavy atom. The van der Waals surface area contributed by atoms with Crippen molar-refractivity contribution in [2.24, 2.45) is 0 Å². The number of carboxylic acids is 1. The van der Waals surface area contributed by atoms with Crippen LogP contribution in [0.1, 0.15) is 15.9 Å². The molecule has 6 heteroatoms. The van der Waals surface area contributed by atoms with Gasteiger partial charge in [0, 0.05) is 53.8 Å². The third-order valence-corrected chi connectivity index (χ3v) is 1.60. The van der Waals surface area contributed by atoms with Crippen LogP contribution in [0.5, 0.6) is 5.75 Å². The molecule has 1 N–H and O–H groups in total. The second-order valence-corrected chi connectivity index (χ2v) is 2.46. The Labute approximate surface area is 124 Å². The molecular formula is C8H7O3PWY-2. The zero-order valence-electron chi connectivity index (χ0n) is 7.40. The average molecular weight is 455 g/mol. The molecule has 1 radical (unpaired) electrons. The van der Waals surface area contributed by atoms with E-state index in [9.17, 15) is 4.79 Å². The van der Waals surface area contributed by atoms with Gasteiger partial charge in [-0.3, -0.25) is 6.07 Å².